The molecule has 0 heterocycles. The molecule has 0 aromatic rings. The summed E-state index contributed by atoms with van der Waals surface area (Å²) in [4.78, 5) is 21.3. The quantitative estimate of drug-likeness (QED) is 0.543. The molecule has 1 unspecified atom stereocenters. The number of hydrogen-bond donors (Lipinski definition) is 3. The van der Waals surface area contributed by atoms with Gasteiger partial charge in [-0.1, -0.05) is 13.3 Å². The van der Waals surface area contributed by atoms with Crippen molar-refractivity contribution in [3.05, 3.63) is 0 Å². The van der Waals surface area contributed by atoms with Crippen molar-refractivity contribution in [1.82, 2.24) is 0 Å². The van der Waals surface area contributed by atoms with Crippen molar-refractivity contribution < 1.29 is 24.9 Å². The molecule has 5 heteroatoms. The van der Waals surface area contributed by atoms with E-state index in [1.54, 1.807) is 6.92 Å². The second-order valence-corrected chi connectivity index (χ2v) is 3.12. The van der Waals surface area contributed by atoms with Gasteiger partial charge in [-0.2, -0.15) is 0 Å². The van der Waals surface area contributed by atoms with Crippen LogP contribution < -0.4 is 0 Å². The number of carboxylic acid groups (broad SMARTS) is 2. The number of rotatable bonds is 5. The molecule has 0 spiro atoms. The molecule has 0 rings (SSSR count). The van der Waals surface area contributed by atoms with Crippen molar-refractivity contribution in [2.45, 2.75) is 32.8 Å². The Labute approximate surface area is 76.0 Å². The highest BCUT2D eigenvalue weighted by molar-refractivity contribution is 5.98. The van der Waals surface area contributed by atoms with Crippen molar-refractivity contribution >= 4 is 11.9 Å². The van der Waals surface area contributed by atoms with Gasteiger partial charge in [0.15, 0.2) is 5.41 Å². The third-order valence-electron chi connectivity index (χ3n) is 2.12. The van der Waals surface area contributed by atoms with Crippen LogP contribution in [0, 0.1) is 5.41 Å². The van der Waals surface area contributed by atoms with Crippen LogP contribution in [0.25, 0.3) is 0 Å². The summed E-state index contributed by atoms with van der Waals surface area (Å²) in [6, 6.07) is 0. The summed E-state index contributed by atoms with van der Waals surface area (Å²) in [7, 11) is 0. The zero-order valence-corrected chi connectivity index (χ0v) is 7.65. The molecule has 76 valence electrons. The first-order chi connectivity index (χ1) is 5.87. The van der Waals surface area contributed by atoms with Crippen LogP contribution in [0.5, 0.6) is 0 Å². The van der Waals surface area contributed by atoms with Gasteiger partial charge in [-0.15, -0.1) is 0 Å². The lowest BCUT2D eigenvalue weighted by atomic mass is 9.82. The van der Waals surface area contributed by atoms with Gasteiger partial charge in [0.1, 0.15) is 0 Å². The third kappa shape index (κ3) is 2.18. The molecule has 0 bridgehead atoms. The number of aliphatic carboxylic acids is 2. The van der Waals surface area contributed by atoms with E-state index in [0.29, 0.717) is 6.42 Å². The Morgan fingerprint density at radius 1 is 1.31 bits per heavy atom. The van der Waals surface area contributed by atoms with Crippen LogP contribution in [0.1, 0.15) is 26.7 Å². The average Bonchev–Trinajstić information content (AvgIpc) is 2.02. The summed E-state index contributed by atoms with van der Waals surface area (Å²) < 4.78 is 0. The lowest BCUT2D eigenvalue weighted by Gasteiger charge is -2.25. The third-order valence-corrected chi connectivity index (χ3v) is 2.12. The van der Waals surface area contributed by atoms with Crippen molar-refractivity contribution in [1.29, 1.82) is 0 Å². The largest absolute Gasteiger partial charge is 0.480 e. The first-order valence-corrected chi connectivity index (χ1v) is 4.02. The zero-order valence-electron chi connectivity index (χ0n) is 7.65. The molecule has 5 nitrogen and oxygen atoms in total. The maximum Gasteiger partial charge on any atom is 0.323 e. The predicted molar refractivity (Wildman–Crippen MR) is 44.3 cm³/mol. The Morgan fingerprint density at radius 2 is 1.69 bits per heavy atom. The molecule has 0 radical (unpaired) electrons. The second kappa shape index (κ2) is 4.23. The number of carbonyl (C=O) groups is 2. The van der Waals surface area contributed by atoms with E-state index in [-0.39, 0.29) is 6.42 Å². The average molecular weight is 190 g/mol. The smallest absolute Gasteiger partial charge is 0.323 e. The molecular formula is C8H14O5. The standard InChI is InChI=1S/C8H14O5/c1-3-4-5(9)8(2,6(10)11)7(12)13/h5,9H,3-4H2,1-2H3,(H,10,11)(H,12,13). The predicted octanol–water partition coefficient (Wildman–Crippen LogP) is 0.323. The first kappa shape index (κ1) is 11.9. The Bertz CT molecular complexity index is 197. The summed E-state index contributed by atoms with van der Waals surface area (Å²) in [5.41, 5.74) is -2.10. The van der Waals surface area contributed by atoms with Crippen molar-refractivity contribution in [2.75, 3.05) is 0 Å². The summed E-state index contributed by atoms with van der Waals surface area (Å²) in [5, 5.41) is 26.7. The molecule has 0 aromatic carbocycles. The number of aliphatic hydroxyl groups excluding tert-OH is 1. The summed E-state index contributed by atoms with van der Waals surface area (Å²) >= 11 is 0. The van der Waals surface area contributed by atoms with Crippen LogP contribution >= 0.6 is 0 Å². The number of carboxylic acids is 2. The Balaban J connectivity index is 4.79. The molecule has 0 aliphatic rings. The van der Waals surface area contributed by atoms with Crippen LogP contribution in [-0.4, -0.2) is 33.4 Å². The van der Waals surface area contributed by atoms with Crippen LogP contribution in [0.4, 0.5) is 0 Å². The van der Waals surface area contributed by atoms with Crippen molar-refractivity contribution in [3.8, 4) is 0 Å². The van der Waals surface area contributed by atoms with Gasteiger partial charge in [-0.05, 0) is 13.3 Å². The van der Waals surface area contributed by atoms with Crippen LogP contribution in [-0.2, 0) is 9.59 Å². The van der Waals surface area contributed by atoms with E-state index < -0.39 is 23.5 Å². The maximum atomic E-state index is 10.6. The molecular weight excluding hydrogens is 176 g/mol. The molecule has 0 aliphatic carbocycles. The van der Waals surface area contributed by atoms with E-state index in [1.165, 1.54) is 0 Å². The van der Waals surface area contributed by atoms with Gasteiger partial charge < -0.3 is 15.3 Å². The Hall–Kier alpha value is -1.10. The number of hydrogen-bond acceptors (Lipinski definition) is 3. The van der Waals surface area contributed by atoms with E-state index in [1.807, 2.05) is 0 Å². The normalized spacial score (nSPS) is 13.8. The van der Waals surface area contributed by atoms with Crippen LogP contribution in [0.3, 0.4) is 0 Å². The molecule has 0 saturated carbocycles. The lowest BCUT2D eigenvalue weighted by molar-refractivity contribution is -0.172. The van der Waals surface area contributed by atoms with Crippen molar-refractivity contribution in [2.24, 2.45) is 5.41 Å². The fourth-order valence-corrected chi connectivity index (χ4v) is 0.939. The summed E-state index contributed by atoms with van der Waals surface area (Å²) in [5.74, 6) is -3.03. The highest BCUT2D eigenvalue weighted by Gasteiger charge is 2.47. The van der Waals surface area contributed by atoms with Gasteiger partial charge in [0.25, 0.3) is 0 Å². The van der Waals surface area contributed by atoms with E-state index in [4.69, 9.17) is 10.2 Å². The highest BCUT2D eigenvalue weighted by atomic mass is 16.4. The summed E-state index contributed by atoms with van der Waals surface area (Å²) in [6.45, 7) is 2.76. The van der Waals surface area contributed by atoms with Gasteiger partial charge in [-0.25, -0.2) is 0 Å². The highest BCUT2D eigenvalue weighted by Crippen LogP contribution is 2.25. The zero-order chi connectivity index (χ0) is 10.6. The fraction of sp³-hybridized carbons (Fsp3) is 0.750. The van der Waals surface area contributed by atoms with E-state index in [0.717, 1.165) is 6.92 Å². The van der Waals surface area contributed by atoms with Gasteiger partial charge in [-0.3, -0.25) is 9.59 Å². The molecule has 1 atom stereocenters. The Kier molecular flexibility index (Phi) is 3.87. The monoisotopic (exact) mass is 190 g/mol. The summed E-state index contributed by atoms with van der Waals surface area (Å²) in [6.07, 6.45) is -0.653. The first-order valence-electron chi connectivity index (χ1n) is 4.02. The topological polar surface area (TPSA) is 94.8 Å². The van der Waals surface area contributed by atoms with Crippen LogP contribution in [0.2, 0.25) is 0 Å². The minimum absolute atomic E-state index is 0.162. The number of aliphatic hydroxyl groups is 1. The molecule has 0 saturated heterocycles. The van der Waals surface area contributed by atoms with Gasteiger partial charge in [0.2, 0.25) is 0 Å². The van der Waals surface area contributed by atoms with Crippen molar-refractivity contribution in [3.63, 3.8) is 0 Å². The van der Waals surface area contributed by atoms with Crippen LogP contribution in [0.15, 0.2) is 0 Å². The molecule has 0 amide bonds. The van der Waals surface area contributed by atoms with Gasteiger partial charge in [0, 0.05) is 0 Å². The minimum Gasteiger partial charge on any atom is -0.480 e. The van der Waals surface area contributed by atoms with E-state index in [2.05, 4.69) is 0 Å². The van der Waals surface area contributed by atoms with Gasteiger partial charge in [0.05, 0.1) is 6.10 Å². The fourth-order valence-electron chi connectivity index (χ4n) is 0.939. The maximum absolute atomic E-state index is 10.6. The molecule has 0 aliphatic heterocycles. The molecule has 13 heavy (non-hydrogen) atoms. The SMILES string of the molecule is CCCC(O)C(C)(C(=O)O)C(=O)O. The van der Waals surface area contributed by atoms with E-state index >= 15 is 0 Å². The molecule has 0 fully saturated rings. The second-order valence-electron chi connectivity index (χ2n) is 3.12. The minimum atomic E-state index is -2.10. The molecule has 3 N–H and O–H groups in total. The lowest BCUT2D eigenvalue weighted by Crippen LogP contribution is -2.46. The van der Waals surface area contributed by atoms with Gasteiger partial charge >= 0.3 is 11.9 Å². The Morgan fingerprint density at radius 3 is 1.92 bits per heavy atom. The van der Waals surface area contributed by atoms with E-state index in [9.17, 15) is 14.7 Å². The molecule has 0 aromatic heterocycles.